The van der Waals surface area contributed by atoms with Crippen LogP contribution in [0.15, 0.2) is 0 Å². The van der Waals surface area contributed by atoms with Crippen molar-refractivity contribution < 1.29 is 14.7 Å². The van der Waals surface area contributed by atoms with Gasteiger partial charge in [0.25, 0.3) is 0 Å². The molecule has 0 fully saturated rings. The molecule has 0 aliphatic carbocycles. The molecule has 0 aromatic rings. The number of aliphatic carboxylic acids is 1. The Hall–Kier alpha value is -0.860. The summed E-state index contributed by atoms with van der Waals surface area (Å²) in [6.45, 7) is 3.52. The number of carboxylic acids is 1. The summed E-state index contributed by atoms with van der Waals surface area (Å²) in [6, 6.07) is 0. The summed E-state index contributed by atoms with van der Waals surface area (Å²) in [6.07, 6.45) is 1.37. The van der Waals surface area contributed by atoms with Crippen LogP contribution in [0.25, 0.3) is 0 Å². The van der Waals surface area contributed by atoms with Crippen molar-refractivity contribution in [2.45, 2.75) is 33.1 Å². The first-order valence-electron chi connectivity index (χ1n) is 3.87. The van der Waals surface area contributed by atoms with E-state index in [2.05, 4.69) is 0 Å². The molecule has 3 heteroatoms. The minimum atomic E-state index is -1.24. The molecule has 1 atom stereocenters. The Balaban J connectivity index is 4.03. The van der Waals surface area contributed by atoms with Gasteiger partial charge in [-0.05, 0) is 12.8 Å². The van der Waals surface area contributed by atoms with Crippen LogP contribution >= 0.6 is 0 Å². The van der Waals surface area contributed by atoms with Gasteiger partial charge in [-0.15, -0.1) is 0 Å². The molecule has 0 radical (unpaired) electrons. The third kappa shape index (κ3) is 3.16. The summed E-state index contributed by atoms with van der Waals surface area (Å²) >= 11 is 0. The van der Waals surface area contributed by atoms with Crippen molar-refractivity contribution in [2.75, 3.05) is 0 Å². The summed E-state index contributed by atoms with van der Waals surface area (Å²) in [5.74, 6) is -2.35. The quantitative estimate of drug-likeness (QED) is 0.533. The lowest BCUT2D eigenvalue weighted by atomic mass is 9.98. The minimum absolute atomic E-state index is 0.213. The standard InChI is InChI=1S/C8H14O3/c1-3-5-7(9)6(4-2)8(10)11/h6H,3-5H2,1-2H3,(H,10,11)/p-1. The lowest BCUT2D eigenvalue weighted by molar-refractivity contribution is -0.310. The van der Waals surface area contributed by atoms with Gasteiger partial charge in [-0.1, -0.05) is 13.8 Å². The molecule has 0 aliphatic rings. The molecule has 0 spiro atoms. The zero-order valence-corrected chi connectivity index (χ0v) is 6.92. The maximum absolute atomic E-state index is 11.0. The van der Waals surface area contributed by atoms with E-state index in [-0.39, 0.29) is 5.78 Å². The van der Waals surface area contributed by atoms with Gasteiger partial charge in [-0.25, -0.2) is 0 Å². The summed E-state index contributed by atoms with van der Waals surface area (Å²) in [4.78, 5) is 21.3. The third-order valence-corrected chi connectivity index (χ3v) is 1.58. The fourth-order valence-corrected chi connectivity index (χ4v) is 0.946. The second-order valence-corrected chi connectivity index (χ2v) is 2.50. The molecule has 0 aliphatic heterocycles. The molecular weight excluding hydrogens is 144 g/mol. The number of carboxylic acid groups (broad SMARTS) is 1. The topological polar surface area (TPSA) is 57.2 Å². The Morgan fingerprint density at radius 1 is 1.36 bits per heavy atom. The zero-order chi connectivity index (χ0) is 8.85. The molecule has 0 saturated carbocycles. The van der Waals surface area contributed by atoms with Crippen LogP contribution in [0.4, 0.5) is 0 Å². The number of rotatable bonds is 5. The predicted octanol–water partition coefficient (Wildman–Crippen LogP) is 0.132. The largest absolute Gasteiger partial charge is 0.549 e. The van der Waals surface area contributed by atoms with E-state index < -0.39 is 11.9 Å². The van der Waals surface area contributed by atoms with Crippen LogP contribution < -0.4 is 5.11 Å². The Kier molecular flexibility index (Phi) is 4.50. The molecule has 0 saturated heterocycles. The number of hydrogen-bond donors (Lipinski definition) is 0. The Bertz CT molecular complexity index is 151. The fourth-order valence-electron chi connectivity index (χ4n) is 0.946. The van der Waals surface area contributed by atoms with Crippen molar-refractivity contribution in [2.24, 2.45) is 5.92 Å². The van der Waals surface area contributed by atoms with E-state index in [1.54, 1.807) is 6.92 Å². The van der Waals surface area contributed by atoms with Crippen molar-refractivity contribution in [3.63, 3.8) is 0 Å². The zero-order valence-electron chi connectivity index (χ0n) is 6.92. The maximum atomic E-state index is 11.0. The molecular formula is C8H13O3-. The van der Waals surface area contributed by atoms with Gasteiger partial charge in [-0.3, -0.25) is 4.79 Å². The molecule has 0 heterocycles. The third-order valence-electron chi connectivity index (χ3n) is 1.58. The van der Waals surface area contributed by atoms with Crippen molar-refractivity contribution in [1.82, 2.24) is 0 Å². The van der Waals surface area contributed by atoms with Gasteiger partial charge in [0, 0.05) is 6.42 Å². The maximum Gasteiger partial charge on any atom is 0.141 e. The molecule has 0 rings (SSSR count). The van der Waals surface area contributed by atoms with Crippen LogP contribution in [0, 0.1) is 5.92 Å². The Morgan fingerprint density at radius 2 is 1.91 bits per heavy atom. The summed E-state index contributed by atoms with van der Waals surface area (Å²) < 4.78 is 0. The normalized spacial score (nSPS) is 12.5. The van der Waals surface area contributed by atoms with E-state index in [0.717, 1.165) is 0 Å². The second kappa shape index (κ2) is 4.88. The van der Waals surface area contributed by atoms with E-state index in [1.165, 1.54) is 0 Å². The smallest absolute Gasteiger partial charge is 0.141 e. The molecule has 11 heavy (non-hydrogen) atoms. The number of carbonyl (C=O) groups is 2. The lowest BCUT2D eigenvalue weighted by Crippen LogP contribution is -2.35. The van der Waals surface area contributed by atoms with Gasteiger partial charge < -0.3 is 9.90 Å². The number of Topliss-reactive ketones (excluding diaryl/α,β-unsaturated/α-hetero) is 1. The molecule has 0 aromatic carbocycles. The molecule has 0 amide bonds. The van der Waals surface area contributed by atoms with Crippen LogP contribution in [0.3, 0.4) is 0 Å². The summed E-state index contributed by atoms with van der Waals surface area (Å²) in [7, 11) is 0. The minimum Gasteiger partial charge on any atom is -0.549 e. The molecule has 0 aromatic heterocycles. The highest BCUT2D eigenvalue weighted by molar-refractivity contribution is 5.97. The second-order valence-electron chi connectivity index (χ2n) is 2.50. The van der Waals surface area contributed by atoms with Gasteiger partial charge in [0.1, 0.15) is 5.78 Å². The fraction of sp³-hybridized carbons (Fsp3) is 0.750. The average molecular weight is 157 g/mol. The lowest BCUT2D eigenvalue weighted by Gasteiger charge is -2.13. The Morgan fingerprint density at radius 3 is 2.18 bits per heavy atom. The average Bonchev–Trinajstić information content (AvgIpc) is 1.88. The molecule has 0 bridgehead atoms. The first kappa shape index (κ1) is 10.1. The van der Waals surface area contributed by atoms with Crippen LogP contribution in [-0.4, -0.2) is 11.8 Å². The summed E-state index contributed by atoms with van der Waals surface area (Å²) in [5, 5.41) is 10.3. The van der Waals surface area contributed by atoms with E-state index in [4.69, 9.17) is 0 Å². The summed E-state index contributed by atoms with van der Waals surface area (Å²) in [5.41, 5.74) is 0. The highest BCUT2D eigenvalue weighted by Gasteiger charge is 2.15. The van der Waals surface area contributed by atoms with Crippen molar-refractivity contribution >= 4 is 11.8 Å². The molecule has 3 nitrogen and oxygen atoms in total. The molecule has 0 N–H and O–H groups in total. The Labute approximate surface area is 66.4 Å². The van der Waals surface area contributed by atoms with Crippen molar-refractivity contribution in [1.29, 1.82) is 0 Å². The van der Waals surface area contributed by atoms with Crippen LogP contribution in [0.1, 0.15) is 33.1 Å². The van der Waals surface area contributed by atoms with Crippen LogP contribution in [-0.2, 0) is 9.59 Å². The van der Waals surface area contributed by atoms with Gasteiger partial charge >= 0.3 is 0 Å². The highest BCUT2D eigenvalue weighted by atomic mass is 16.4. The van der Waals surface area contributed by atoms with E-state index >= 15 is 0 Å². The van der Waals surface area contributed by atoms with Gasteiger partial charge in [0.15, 0.2) is 0 Å². The van der Waals surface area contributed by atoms with E-state index in [1.807, 2.05) is 6.92 Å². The first-order chi connectivity index (χ1) is 5.13. The van der Waals surface area contributed by atoms with E-state index in [0.29, 0.717) is 19.3 Å². The number of ketones is 1. The van der Waals surface area contributed by atoms with Gasteiger partial charge in [0.2, 0.25) is 0 Å². The van der Waals surface area contributed by atoms with Gasteiger partial charge in [0.05, 0.1) is 11.9 Å². The number of hydrogen-bond acceptors (Lipinski definition) is 3. The predicted molar refractivity (Wildman–Crippen MR) is 38.7 cm³/mol. The van der Waals surface area contributed by atoms with Crippen molar-refractivity contribution in [3.05, 3.63) is 0 Å². The first-order valence-corrected chi connectivity index (χ1v) is 3.87. The van der Waals surface area contributed by atoms with Crippen LogP contribution in [0.5, 0.6) is 0 Å². The highest BCUT2D eigenvalue weighted by Crippen LogP contribution is 2.06. The monoisotopic (exact) mass is 157 g/mol. The van der Waals surface area contributed by atoms with Crippen molar-refractivity contribution in [3.8, 4) is 0 Å². The molecule has 1 unspecified atom stereocenters. The molecule has 64 valence electrons. The SMILES string of the molecule is CCCC(=O)C(CC)C(=O)[O-]. The van der Waals surface area contributed by atoms with Gasteiger partial charge in [-0.2, -0.15) is 0 Å². The number of carbonyl (C=O) groups excluding carboxylic acids is 2. The van der Waals surface area contributed by atoms with E-state index in [9.17, 15) is 14.7 Å². The van der Waals surface area contributed by atoms with Crippen LogP contribution in [0.2, 0.25) is 0 Å².